The van der Waals surface area contributed by atoms with E-state index >= 15 is 0 Å². The van der Waals surface area contributed by atoms with Crippen LogP contribution in [-0.4, -0.2) is 19.9 Å². The molecule has 3 aromatic heterocycles. The highest BCUT2D eigenvalue weighted by atomic mass is 32.1. The molecule has 0 aliphatic carbocycles. The van der Waals surface area contributed by atoms with Gasteiger partial charge in [0.25, 0.3) is 0 Å². The minimum atomic E-state index is -0.123. The molecule has 5 nitrogen and oxygen atoms in total. The molecule has 0 unspecified atom stereocenters. The summed E-state index contributed by atoms with van der Waals surface area (Å²) in [6.07, 6.45) is 7.01. The van der Waals surface area contributed by atoms with Gasteiger partial charge in [0.2, 0.25) is 0 Å². The second-order valence-electron chi connectivity index (χ2n) is 4.50. The molecule has 0 aromatic carbocycles. The van der Waals surface area contributed by atoms with E-state index in [1.165, 1.54) is 11.3 Å². The Morgan fingerprint density at radius 2 is 2.30 bits per heavy atom. The molecule has 3 rings (SSSR count). The minimum absolute atomic E-state index is 0.123. The number of hydrogen-bond acceptors (Lipinski definition) is 5. The van der Waals surface area contributed by atoms with Crippen LogP contribution in [0.25, 0.3) is 21.6 Å². The number of nitrogens with one attached hydrogen (secondary N) is 1. The molecule has 3 aromatic rings. The summed E-state index contributed by atoms with van der Waals surface area (Å²) >= 11 is 1.54. The third-order valence-electron chi connectivity index (χ3n) is 3.14. The van der Waals surface area contributed by atoms with Crippen LogP contribution in [0.1, 0.15) is 30.7 Å². The molecule has 0 aliphatic heterocycles. The van der Waals surface area contributed by atoms with Gasteiger partial charge in [0.15, 0.2) is 0 Å². The van der Waals surface area contributed by atoms with Crippen LogP contribution in [0.5, 0.6) is 0 Å². The van der Waals surface area contributed by atoms with Crippen LogP contribution in [0, 0.1) is 11.3 Å². The number of aromatic amines is 1. The summed E-state index contributed by atoms with van der Waals surface area (Å²) in [5.74, 6) is -0.123. The average molecular weight is 283 g/mol. The topological polar surface area (TPSA) is 78.2 Å². The van der Waals surface area contributed by atoms with Gasteiger partial charge in [-0.2, -0.15) is 5.26 Å². The van der Waals surface area contributed by atoms with Gasteiger partial charge in [-0.15, -0.1) is 11.3 Å². The van der Waals surface area contributed by atoms with E-state index in [0.717, 1.165) is 39.5 Å². The monoisotopic (exact) mass is 283 g/mol. The van der Waals surface area contributed by atoms with Gasteiger partial charge in [-0.1, -0.05) is 13.3 Å². The Bertz CT molecular complexity index is 767. The minimum Gasteiger partial charge on any atom is -0.346 e. The molecule has 20 heavy (non-hydrogen) atoms. The zero-order valence-corrected chi connectivity index (χ0v) is 11.8. The lowest BCUT2D eigenvalue weighted by Gasteiger charge is -2.01. The SMILES string of the molecule is CCC[C@H](C#N)c1ncc(-c2ncnc3[nH]ccc23)s1. The molecule has 1 atom stereocenters. The van der Waals surface area contributed by atoms with E-state index in [0.29, 0.717) is 0 Å². The van der Waals surface area contributed by atoms with Crippen molar-refractivity contribution in [3.63, 3.8) is 0 Å². The van der Waals surface area contributed by atoms with Crippen molar-refractivity contribution in [1.82, 2.24) is 19.9 Å². The first kappa shape index (κ1) is 12.8. The van der Waals surface area contributed by atoms with Gasteiger partial charge in [0.1, 0.15) is 17.0 Å². The van der Waals surface area contributed by atoms with Crippen LogP contribution < -0.4 is 0 Å². The number of nitriles is 1. The molecular weight excluding hydrogens is 270 g/mol. The first-order valence-corrected chi connectivity index (χ1v) is 7.29. The molecule has 0 amide bonds. The van der Waals surface area contributed by atoms with Crippen molar-refractivity contribution in [3.05, 3.63) is 29.8 Å². The molecule has 0 fully saturated rings. The molecule has 1 N–H and O–H groups in total. The van der Waals surface area contributed by atoms with Crippen molar-refractivity contribution in [2.24, 2.45) is 0 Å². The molecule has 0 aliphatic rings. The lowest BCUT2D eigenvalue weighted by atomic mass is 10.1. The fourth-order valence-corrected chi connectivity index (χ4v) is 3.17. The number of nitrogens with zero attached hydrogens (tertiary/aromatic N) is 4. The number of H-pyrrole nitrogens is 1. The normalized spacial score (nSPS) is 12.4. The summed E-state index contributed by atoms with van der Waals surface area (Å²) in [5, 5.41) is 11.1. The van der Waals surface area contributed by atoms with Gasteiger partial charge in [-0.25, -0.2) is 15.0 Å². The van der Waals surface area contributed by atoms with E-state index in [1.807, 2.05) is 12.3 Å². The first-order chi connectivity index (χ1) is 9.83. The van der Waals surface area contributed by atoms with E-state index in [9.17, 15) is 5.26 Å². The summed E-state index contributed by atoms with van der Waals surface area (Å²) in [6.45, 7) is 2.08. The zero-order valence-electron chi connectivity index (χ0n) is 11.0. The maximum absolute atomic E-state index is 9.22. The zero-order chi connectivity index (χ0) is 13.9. The molecule has 6 heteroatoms. The standard InChI is InChI=1S/C14H13N5S/c1-2-3-9(6-15)14-17-7-11(20-14)12-10-4-5-16-13(10)19-8-18-12/h4-5,7-9H,2-3H2,1H3,(H,16,18,19)/t9-/m1/s1. The van der Waals surface area contributed by atoms with Crippen LogP contribution in [-0.2, 0) is 0 Å². The highest BCUT2D eigenvalue weighted by Gasteiger charge is 2.16. The molecule has 0 saturated carbocycles. The number of aromatic nitrogens is 4. The quantitative estimate of drug-likeness (QED) is 0.795. The number of rotatable bonds is 4. The van der Waals surface area contributed by atoms with Gasteiger partial charge in [-0.3, -0.25) is 0 Å². The van der Waals surface area contributed by atoms with Crippen LogP contribution in [0.3, 0.4) is 0 Å². The van der Waals surface area contributed by atoms with Gasteiger partial charge in [-0.05, 0) is 12.5 Å². The Morgan fingerprint density at radius 1 is 1.40 bits per heavy atom. The maximum Gasteiger partial charge on any atom is 0.141 e. The van der Waals surface area contributed by atoms with E-state index < -0.39 is 0 Å². The van der Waals surface area contributed by atoms with Crippen molar-refractivity contribution in [2.75, 3.05) is 0 Å². The Morgan fingerprint density at radius 3 is 3.10 bits per heavy atom. The van der Waals surface area contributed by atoms with Crippen LogP contribution in [0.2, 0.25) is 0 Å². The summed E-state index contributed by atoms with van der Waals surface area (Å²) in [7, 11) is 0. The summed E-state index contributed by atoms with van der Waals surface area (Å²) < 4.78 is 0. The molecular formula is C14H13N5S. The molecule has 0 spiro atoms. The van der Waals surface area contributed by atoms with Crippen molar-refractivity contribution in [1.29, 1.82) is 5.26 Å². The van der Waals surface area contributed by atoms with Crippen molar-refractivity contribution in [2.45, 2.75) is 25.7 Å². The third-order valence-corrected chi connectivity index (χ3v) is 4.26. The Labute approximate surface area is 120 Å². The van der Waals surface area contributed by atoms with E-state index in [-0.39, 0.29) is 5.92 Å². The smallest absolute Gasteiger partial charge is 0.141 e. The Hall–Kier alpha value is -2.26. The molecule has 0 radical (unpaired) electrons. The fourth-order valence-electron chi connectivity index (χ4n) is 2.16. The second kappa shape index (κ2) is 5.39. The maximum atomic E-state index is 9.22. The predicted octanol–water partition coefficient (Wildman–Crippen LogP) is 3.49. The predicted molar refractivity (Wildman–Crippen MR) is 78.3 cm³/mol. The summed E-state index contributed by atoms with van der Waals surface area (Å²) in [5.41, 5.74) is 1.68. The van der Waals surface area contributed by atoms with Crippen LogP contribution >= 0.6 is 11.3 Å². The van der Waals surface area contributed by atoms with E-state index in [1.54, 1.807) is 12.5 Å². The lowest BCUT2D eigenvalue weighted by molar-refractivity contribution is 0.722. The van der Waals surface area contributed by atoms with Gasteiger partial charge in [0, 0.05) is 17.8 Å². The Balaban J connectivity index is 2.02. The second-order valence-corrected chi connectivity index (χ2v) is 5.56. The summed E-state index contributed by atoms with van der Waals surface area (Å²) in [4.78, 5) is 17.0. The number of thiazole rings is 1. The highest BCUT2D eigenvalue weighted by molar-refractivity contribution is 7.15. The molecule has 0 bridgehead atoms. The lowest BCUT2D eigenvalue weighted by Crippen LogP contribution is -1.93. The largest absolute Gasteiger partial charge is 0.346 e. The van der Waals surface area contributed by atoms with Crippen molar-refractivity contribution >= 4 is 22.4 Å². The van der Waals surface area contributed by atoms with Crippen molar-refractivity contribution in [3.8, 4) is 16.6 Å². The van der Waals surface area contributed by atoms with Gasteiger partial charge < -0.3 is 4.98 Å². The van der Waals surface area contributed by atoms with Crippen LogP contribution in [0.4, 0.5) is 0 Å². The Kier molecular flexibility index (Phi) is 3.44. The van der Waals surface area contributed by atoms with Crippen molar-refractivity contribution < 1.29 is 0 Å². The van der Waals surface area contributed by atoms with E-state index in [2.05, 4.69) is 32.9 Å². The third kappa shape index (κ3) is 2.17. The van der Waals surface area contributed by atoms with E-state index in [4.69, 9.17) is 0 Å². The fraction of sp³-hybridized carbons (Fsp3) is 0.286. The van der Waals surface area contributed by atoms with Gasteiger partial charge >= 0.3 is 0 Å². The number of hydrogen-bond donors (Lipinski definition) is 1. The molecule has 100 valence electrons. The van der Waals surface area contributed by atoms with Crippen LogP contribution in [0.15, 0.2) is 24.8 Å². The van der Waals surface area contributed by atoms with Gasteiger partial charge in [0.05, 0.1) is 22.6 Å². The molecule has 0 saturated heterocycles. The number of fused-ring (bicyclic) bond motifs is 1. The average Bonchev–Trinajstić information content (AvgIpc) is 3.12. The summed E-state index contributed by atoms with van der Waals surface area (Å²) in [6, 6.07) is 4.28. The highest BCUT2D eigenvalue weighted by Crippen LogP contribution is 2.33. The first-order valence-electron chi connectivity index (χ1n) is 6.47. The molecule has 3 heterocycles.